The lowest BCUT2D eigenvalue weighted by atomic mass is 10.2. The fourth-order valence-electron chi connectivity index (χ4n) is 2.11. The summed E-state index contributed by atoms with van der Waals surface area (Å²) >= 11 is 3.84. The van der Waals surface area contributed by atoms with Crippen molar-refractivity contribution in [2.24, 2.45) is 5.84 Å². The Morgan fingerprint density at radius 2 is 2.25 bits per heavy atom. The predicted octanol–water partition coefficient (Wildman–Crippen LogP) is 2.08. The molecule has 1 fully saturated rings. The Hall–Kier alpha value is -0.460. The van der Waals surface area contributed by atoms with Crippen molar-refractivity contribution in [2.45, 2.75) is 29.6 Å². The Bertz CT molecular complexity index is 404. The molecule has 16 heavy (non-hydrogen) atoms. The summed E-state index contributed by atoms with van der Waals surface area (Å²) in [5, 5.41) is 0.475. The Morgan fingerprint density at radius 3 is 3.00 bits per heavy atom. The van der Waals surface area contributed by atoms with Gasteiger partial charge in [-0.25, -0.2) is 15.8 Å². The van der Waals surface area contributed by atoms with Crippen molar-refractivity contribution < 1.29 is 0 Å². The van der Waals surface area contributed by atoms with E-state index in [0.717, 1.165) is 23.1 Å². The Kier molecular flexibility index (Phi) is 2.95. The summed E-state index contributed by atoms with van der Waals surface area (Å²) in [5.74, 6) is 10.5. The van der Waals surface area contributed by atoms with Gasteiger partial charge in [0.25, 0.3) is 0 Å². The highest BCUT2D eigenvalue weighted by molar-refractivity contribution is 7.99. The molecule has 1 unspecified atom stereocenters. The van der Waals surface area contributed by atoms with Gasteiger partial charge in [0.15, 0.2) is 0 Å². The van der Waals surface area contributed by atoms with Crippen LogP contribution in [0.15, 0.2) is 0 Å². The van der Waals surface area contributed by atoms with Gasteiger partial charge in [-0.05, 0) is 18.6 Å². The maximum Gasteiger partial charge on any atom is 0.148 e. The van der Waals surface area contributed by atoms with E-state index in [1.165, 1.54) is 29.9 Å². The summed E-state index contributed by atoms with van der Waals surface area (Å²) in [6.07, 6.45) is 2.47. The highest BCUT2D eigenvalue weighted by atomic mass is 32.2. The molecule has 3 N–H and O–H groups in total. The standard InChI is InChI=1S/C10H14N4S2/c11-14-9-6-4-15-5-7(6)12-10(13-9)8-2-1-3-16-8/h8H,1-5,11H2,(H,12,13,14). The average molecular weight is 254 g/mol. The SMILES string of the molecule is NNc1nc(C2CCCS2)nc2c1CSC2. The van der Waals surface area contributed by atoms with Crippen molar-refractivity contribution in [2.75, 3.05) is 11.2 Å². The summed E-state index contributed by atoms with van der Waals surface area (Å²) in [4.78, 5) is 9.26. The van der Waals surface area contributed by atoms with Crippen molar-refractivity contribution in [1.29, 1.82) is 0 Å². The number of nitrogens with one attached hydrogen (secondary N) is 1. The third kappa shape index (κ3) is 1.78. The lowest BCUT2D eigenvalue weighted by Crippen LogP contribution is -2.14. The van der Waals surface area contributed by atoms with Crippen LogP contribution >= 0.6 is 23.5 Å². The first-order valence-corrected chi connectivity index (χ1v) is 7.64. The number of rotatable bonds is 2. The molecule has 6 heteroatoms. The molecule has 0 saturated carbocycles. The molecule has 1 aromatic heterocycles. The quantitative estimate of drug-likeness (QED) is 0.622. The second kappa shape index (κ2) is 4.43. The van der Waals surface area contributed by atoms with E-state index in [2.05, 4.69) is 10.4 Å². The van der Waals surface area contributed by atoms with Crippen LogP contribution in [0.1, 0.15) is 35.2 Å². The summed E-state index contributed by atoms with van der Waals surface area (Å²) in [7, 11) is 0. The highest BCUT2D eigenvalue weighted by Gasteiger charge is 2.25. The van der Waals surface area contributed by atoms with E-state index < -0.39 is 0 Å². The minimum absolute atomic E-state index is 0.475. The normalized spacial score (nSPS) is 23.4. The van der Waals surface area contributed by atoms with Crippen LogP contribution in [-0.2, 0) is 11.5 Å². The molecule has 2 aliphatic rings. The van der Waals surface area contributed by atoms with E-state index in [1.807, 2.05) is 23.5 Å². The van der Waals surface area contributed by atoms with Crippen molar-refractivity contribution in [1.82, 2.24) is 9.97 Å². The molecule has 0 aromatic carbocycles. The van der Waals surface area contributed by atoms with Gasteiger partial charge in [-0.1, -0.05) is 0 Å². The number of nitrogens with two attached hydrogens (primary N) is 1. The molecule has 86 valence electrons. The first kappa shape index (κ1) is 10.7. The number of aromatic nitrogens is 2. The van der Waals surface area contributed by atoms with E-state index in [0.29, 0.717) is 5.25 Å². The maximum absolute atomic E-state index is 5.53. The molecular formula is C10H14N4S2. The molecule has 0 aliphatic carbocycles. The van der Waals surface area contributed by atoms with Gasteiger partial charge in [0.2, 0.25) is 0 Å². The van der Waals surface area contributed by atoms with E-state index in [-0.39, 0.29) is 0 Å². The number of hydrazine groups is 1. The topological polar surface area (TPSA) is 63.8 Å². The van der Waals surface area contributed by atoms with Crippen LogP contribution in [0.25, 0.3) is 0 Å². The van der Waals surface area contributed by atoms with Crippen LogP contribution in [0.2, 0.25) is 0 Å². The Labute approximate surface area is 103 Å². The number of nitrogens with zero attached hydrogens (tertiary/aromatic N) is 2. The highest BCUT2D eigenvalue weighted by Crippen LogP contribution is 2.40. The van der Waals surface area contributed by atoms with Gasteiger partial charge in [-0.3, -0.25) is 0 Å². The fourth-order valence-corrected chi connectivity index (χ4v) is 4.36. The van der Waals surface area contributed by atoms with Gasteiger partial charge in [-0.15, -0.1) is 0 Å². The average Bonchev–Trinajstić information content (AvgIpc) is 2.97. The second-order valence-electron chi connectivity index (χ2n) is 3.99. The van der Waals surface area contributed by atoms with E-state index >= 15 is 0 Å². The van der Waals surface area contributed by atoms with E-state index in [1.54, 1.807) is 0 Å². The zero-order chi connectivity index (χ0) is 11.0. The van der Waals surface area contributed by atoms with Gasteiger partial charge in [0.05, 0.1) is 10.9 Å². The molecule has 0 radical (unpaired) electrons. The van der Waals surface area contributed by atoms with Crippen molar-refractivity contribution in [3.63, 3.8) is 0 Å². The first-order chi connectivity index (χ1) is 7.88. The van der Waals surface area contributed by atoms with Gasteiger partial charge < -0.3 is 5.43 Å². The molecule has 0 spiro atoms. The maximum atomic E-state index is 5.53. The number of hydrogen-bond donors (Lipinski definition) is 2. The number of hydrogen-bond acceptors (Lipinski definition) is 6. The molecule has 1 aromatic rings. The van der Waals surface area contributed by atoms with Crippen molar-refractivity contribution in [3.8, 4) is 0 Å². The predicted molar refractivity (Wildman–Crippen MR) is 69.3 cm³/mol. The molecular weight excluding hydrogens is 240 g/mol. The molecule has 0 bridgehead atoms. The Balaban J connectivity index is 2.00. The minimum Gasteiger partial charge on any atom is -0.308 e. The summed E-state index contributed by atoms with van der Waals surface area (Å²) in [5.41, 5.74) is 5.09. The number of nitrogen functional groups attached to an aromatic ring is 1. The number of anilines is 1. The van der Waals surface area contributed by atoms with Crippen molar-refractivity contribution >= 4 is 29.3 Å². The van der Waals surface area contributed by atoms with E-state index in [4.69, 9.17) is 10.8 Å². The minimum atomic E-state index is 0.475. The summed E-state index contributed by atoms with van der Waals surface area (Å²) in [6.45, 7) is 0. The lowest BCUT2D eigenvalue weighted by molar-refractivity contribution is 0.769. The first-order valence-electron chi connectivity index (χ1n) is 5.44. The van der Waals surface area contributed by atoms with Crippen molar-refractivity contribution in [3.05, 3.63) is 17.1 Å². The smallest absolute Gasteiger partial charge is 0.148 e. The van der Waals surface area contributed by atoms with Gasteiger partial charge in [-0.2, -0.15) is 23.5 Å². The monoisotopic (exact) mass is 254 g/mol. The zero-order valence-corrected chi connectivity index (χ0v) is 10.5. The third-order valence-corrected chi connectivity index (χ3v) is 5.29. The van der Waals surface area contributed by atoms with Gasteiger partial charge in [0, 0.05) is 17.1 Å². The van der Waals surface area contributed by atoms with Crippen LogP contribution in [0.5, 0.6) is 0 Å². The lowest BCUT2D eigenvalue weighted by Gasteiger charge is -2.12. The largest absolute Gasteiger partial charge is 0.308 e. The molecule has 0 amide bonds. The van der Waals surface area contributed by atoms with Crippen LogP contribution in [0.3, 0.4) is 0 Å². The summed E-state index contributed by atoms with van der Waals surface area (Å²) < 4.78 is 0. The zero-order valence-electron chi connectivity index (χ0n) is 8.90. The molecule has 3 rings (SSSR count). The number of thioether (sulfide) groups is 2. The third-order valence-electron chi connectivity index (χ3n) is 2.95. The molecule has 1 atom stereocenters. The fraction of sp³-hybridized carbons (Fsp3) is 0.600. The number of fused-ring (bicyclic) bond motifs is 1. The molecule has 1 saturated heterocycles. The molecule has 3 heterocycles. The van der Waals surface area contributed by atoms with Crippen LogP contribution in [0, 0.1) is 0 Å². The Morgan fingerprint density at radius 1 is 1.31 bits per heavy atom. The van der Waals surface area contributed by atoms with Gasteiger partial charge in [0.1, 0.15) is 11.6 Å². The summed E-state index contributed by atoms with van der Waals surface area (Å²) in [6, 6.07) is 0. The van der Waals surface area contributed by atoms with Crippen LogP contribution in [0.4, 0.5) is 5.82 Å². The molecule has 2 aliphatic heterocycles. The van der Waals surface area contributed by atoms with Gasteiger partial charge >= 0.3 is 0 Å². The van der Waals surface area contributed by atoms with Crippen LogP contribution < -0.4 is 11.3 Å². The van der Waals surface area contributed by atoms with Crippen LogP contribution in [-0.4, -0.2) is 15.7 Å². The van der Waals surface area contributed by atoms with E-state index in [9.17, 15) is 0 Å². The molecule has 4 nitrogen and oxygen atoms in total. The second-order valence-corrected chi connectivity index (χ2v) is 6.29.